The molecule has 0 aliphatic rings. The molecule has 0 radical (unpaired) electrons. The number of imidazole rings is 2. The van der Waals surface area contributed by atoms with Gasteiger partial charge in [-0.1, -0.05) is 0 Å². The minimum Gasteiger partial charge on any atom is -0.464 e. The molecule has 0 saturated carbocycles. The number of H-pyrrole nitrogens is 1. The first-order valence-corrected chi connectivity index (χ1v) is 6.03. The number of ether oxygens (including phenoxy) is 1. The minimum atomic E-state index is -0.535. The van der Waals surface area contributed by atoms with E-state index in [1.165, 1.54) is 19.8 Å². The number of aromatic amines is 1. The Morgan fingerprint density at radius 1 is 1.41 bits per heavy atom. The molecule has 0 bridgehead atoms. The minimum absolute atomic E-state index is 0.0787. The van der Waals surface area contributed by atoms with E-state index in [0.29, 0.717) is 11.3 Å². The lowest BCUT2D eigenvalue weighted by atomic mass is 10.3. The first kappa shape index (κ1) is 15.1. The molecule has 0 atom stereocenters. The van der Waals surface area contributed by atoms with Crippen LogP contribution in [0.5, 0.6) is 0 Å². The number of rotatable bonds is 2. The molecule has 10 heteroatoms. The summed E-state index contributed by atoms with van der Waals surface area (Å²) in [4.78, 5) is 34.5. The molecule has 3 heterocycles. The zero-order chi connectivity index (χ0) is 16.1. The van der Waals surface area contributed by atoms with Crippen molar-refractivity contribution in [1.29, 1.82) is 0 Å². The van der Waals surface area contributed by atoms with E-state index in [-0.39, 0.29) is 5.82 Å². The van der Waals surface area contributed by atoms with Gasteiger partial charge in [-0.3, -0.25) is 4.40 Å². The molecule has 114 valence electrons. The van der Waals surface area contributed by atoms with Gasteiger partial charge >= 0.3 is 11.8 Å². The Bertz CT molecular complexity index is 795. The van der Waals surface area contributed by atoms with Gasteiger partial charge in [-0.15, -0.1) is 0 Å². The van der Waals surface area contributed by atoms with E-state index in [9.17, 15) is 14.9 Å². The number of aryl methyl sites for hydroxylation is 1. The van der Waals surface area contributed by atoms with E-state index in [1.54, 1.807) is 16.7 Å². The first-order chi connectivity index (χ1) is 10.5. The topological polar surface area (TPSA) is 128 Å². The van der Waals surface area contributed by atoms with Crippen molar-refractivity contribution in [2.75, 3.05) is 7.11 Å². The van der Waals surface area contributed by atoms with E-state index >= 15 is 0 Å². The summed E-state index contributed by atoms with van der Waals surface area (Å²) in [5, 5.41) is 9.80. The predicted octanol–water partition coefficient (Wildman–Crippen LogP) is 1.14. The summed E-state index contributed by atoms with van der Waals surface area (Å²) < 4.78 is 6.25. The van der Waals surface area contributed by atoms with E-state index in [4.69, 9.17) is 0 Å². The lowest BCUT2D eigenvalue weighted by molar-refractivity contribution is -0.389. The molecular weight excluding hydrogens is 292 g/mol. The second-order valence-corrected chi connectivity index (χ2v) is 4.09. The number of carbonyl (C=O) groups is 1. The van der Waals surface area contributed by atoms with E-state index in [2.05, 4.69) is 24.7 Å². The number of nitro groups is 1. The molecule has 1 N–H and O–H groups in total. The molecule has 0 saturated heterocycles. The van der Waals surface area contributed by atoms with Crippen molar-refractivity contribution >= 4 is 17.4 Å². The SMILES string of the molecule is COC(=O)c1cc(C)nc2cncn12.O=[N+]([O-])c1cnc[nH]1. The number of fused-ring (bicyclic) bond motifs is 1. The van der Waals surface area contributed by atoms with Crippen molar-refractivity contribution in [2.24, 2.45) is 0 Å². The van der Waals surface area contributed by atoms with Crippen LogP contribution in [-0.2, 0) is 4.74 Å². The molecule has 0 spiro atoms. The summed E-state index contributed by atoms with van der Waals surface area (Å²) in [6.07, 6.45) is 5.55. The number of carbonyl (C=O) groups excluding carboxylic acids is 1. The highest BCUT2D eigenvalue weighted by Gasteiger charge is 2.11. The van der Waals surface area contributed by atoms with Gasteiger partial charge in [-0.25, -0.2) is 24.7 Å². The van der Waals surface area contributed by atoms with Crippen LogP contribution in [0.3, 0.4) is 0 Å². The molecule has 3 aromatic rings. The van der Waals surface area contributed by atoms with Crippen LogP contribution in [0, 0.1) is 17.0 Å². The maximum absolute atomic E-state index is 11.4. The maximum Gasteiger partial charge on any atom is 0.355 e. The third kappa shape index (κ3) is 3.23. The van der Waals surface area contributed by atoms with Gasteiger partial charge in [-0.2, -0.15) is 0 Å². The normalized spacial score (nSPS) is 9.91. The largest absolute Gasteiger partial charge is 0.464 e. The van der Waals surface area contributed by atoms with Crippen molar-refractivity contribution in [2.45, 2.75) is 6.92 Å². The van der Waals surface area contributed by atoms with Crippen molar-refractivity contribution < 1.29 is 14.5 Å². The van der Waals surface area contributed by atoms with Crippen LogP contribution >= 0.6 is 0 Å². The zero-order valence-corrected chi connectivity index (χ0v) is 11.8. The summed E-state index contributed by atoms with van der Waals surface area (Å²) in [7, 11) is 1.35. The van der Waals surface area contributed by atoms with Crippen LogP contribution in [0.1, 0.15) is 16.2 Å². The number of nitrogens with zero attached hydrogens (tertiary/aromatic N) is 5. The fourth-order valence-electron chi connectivity index (χ4n) is 1.65. The number of esters is 1. The Morgan fingerprint density at radius 2 is 2.18 bits per heavy atom. The molecule has 0 aromatic carbocycles. The van der Waals surface area contributed by atoms with Crippen LogP contribution in [0.25, 0.3) is 5.65 Å². The van der Waals surface area contributed by atoms with Gasteiger partial charge in [0.05, 0.1) is 13.3 Å². The molecule has 10 nitrogen and oxygen atoms in total. The number of hydrogen-bond acceptors (Lipinski definition) is 7. The van der Waals surface area contributed by atoms with Crippen molar-refractivity contribution in [3.8, 4) is 0 Å². The van der Waals surface area contributed by atoms with Crippen molar-refractivity contribution in [1.82, 2.24) is 24.3 Å². The Balaban J connectivity index is 0.000000188. The van der Waals surface area contributed by atoms with Gasteiger partial charge in [0.15, 0.2) is 12.0 Å². The lowest BCUT2D eigenvalue weighted by Crippen LogP contribution is -2.08. The molecule has 0 aliphatic heterocycles. The molecule has 0 fully saturated rings. The average Bonchev–Trinajstić information content (AvgIpc) is 3.16. The summed E-state index contributed by atoms with van der Waals surface area (Å²) in [6, 6.07) is 1.67. The van der Waals surface area contributed by atoms with Crippen LogP contribution in [-0.4, -0.2) is 42.3 Å². The summed E-state index contributed by atoms with van der Waals surface area (Å²) in [5.74, 6) is -0.469. The van der Waals surface area contributed by atoms with Gasteiger partial charge in [0.25, 0.3) is 0 Å². The van der Waals surface area contributed by atoms with Gasteiger partial charge < -0.3 is 14.9 Å². The molecule has 0 unspecified atom stereocenters. The molecule has 22 heavy (non-hydrogen) atoms. The van der Waals surface area contributed by atoms with E-state index < -0.39 is 10.9 Å². The number of aromatic nitrogens is 5. The fraction of sp³-hybridized carbons (Fsp3) is 0.167. The van der Waals surface area contributed by atoms with Crippen LogP contribution in [0.4, 0.5) is 5.82 Å². The Labute approximate surface area is 124 Å². The summed E-state index contributed by atoms with van der Waals surface area (Å²) in [6.45, 7) is 1.82. The molecule has 0 amide bonds. The van der Waals surface area contributed by atoms with Gasteiger partial charge in [0.1, 0.15) is 18.2 Å². The van der Waals surface area contributed by atoms with Crippen LogP contribution in [0.2, 0.25) is 0 Å². The summed E-state index contributed by atoms with van der Waals surface area (Å²) in [5.41, 5.74) is 1.84. The molecule has 0 aliphatic carbocycles. The average molecular weight is 304 g/mol. The van der Waals surface area contributed by atoms with Gasteiger partial charge in [0.2, 0.25) is 0 Å². The zero-order valence-electron chi connectivity index (χ0n) is 11.8. The standard InChI is InChI=1S/C9H9N3O2.C3H3N3O2/c1-6-3-7(9(13)14-2)12-5-10-4-8(12)11-6;7-6(8)3-1-4-2-5-3/h3-5H,1-2H3;1-2H,(H,4,5). The number of methoxy groups -OCH3 is 1. The van der Waals surface area contributed by atoms with Crippen molar-refractivity contribution in [3.05, 3.63) is 52.6 Å². The highest BCUT2D eigenvalue weighted by molar-refractivity contribution is 5.88. The summed E-state index contributed by atoms with van der Waals surface area (Å²) >= 11 is 0. The highest BCUT2D eigenvalue weighted by Crippen LogP contribution is 2.08. The predicted molar refractivity (Wildman–Crippen MR) is 74.3 cm³/mol. The second kappa shape index (κ2) is 6.43. The molecule has 3 rings (SSSR count). The number of hydrogen-bond donors (Lipinski definition) is 1. The monoisotopic (exact) mass is 304 g/mol. The lowest BCUT2D eigenvalue weighted by Gasteiger charge is -2.03. The Kier molecular flexibility index (Phi) is 4.41. The third-order valence-corrected chi connectivity index (χ3v) is 2.59. The second-order valence-electron chi connectivity index (χ2n) is 4.09. The van der Waals surface area contributed by atoms with Crippen LogP contribution < -0.4 is 0 Å². The highest BCUT2D eigenvalue weighted by atomic mass is 16.6. The first-order valence-electron chi connectivity index (χ1n) is 6.03. The number of nitrogens with one attached hydrogen (secondary N) is 1. The molecular formula is C12H12N6O4. The Morgan fingerprint density at radius 3 is 2.73 bits per heavy atom. The van der Waals surface area contributed by atoms with E-state index in [1.807, 2.05) is 6.92 Å². The maximum atomic E-state index is 11.4. The van der Waals surface area contributed by atoms with Gasteiger partial charge in [0, 0.05) is 5.69 Å². The fourth-order valence-corrected chi connectivity index (χ4v) is 1.65. The smallest absolute Gasteiger partial charge is 0.355 e. The quantitative estimate of drug-likeness (QED) is 0.427. The molecule has 3 aromatic heterocycles. The van der Waals surface area contributed by atoms with Crippen LogP contribution in [0.15, 0.2) is 31.1 Å². The van der Waals surface area contributed by atoms with Crippen molar-refractivity contribution in [3.63, 3.8) is 0 Å². The third-order valence-electron chi connectivity index (χ3n) is 2.59. The van der Waals surface area contributed by atoms with Gasteiger partial charge in [-0.05, 0) is 17.9 Å². The van der Waals surface area contributed by atoms with E-state index in [0.717, 1.165) is 11.9 Å². The Hall–Kier alpha value is -3.30.